The molecule has 0 unspecified atom stereocenters. The number of nitrogens with one attached hydrogen (secondary N) is 2. The second-order valence-electron chi connectivity index (χ2n) is 3.35. The van der Waals surface area contributed by atoms with Crippen molar-refractivity contribution in [3.8, 4) is 0 Å². The van der Waals surface area contributed by atoms with Crippen LogP contribution >= 0.6 is 11.8 Å². The molecule has 0 atom stereocenters. The number of amides is 1. The van der Waals surface area contributed by atoms with Crippen LogP contribution in [0.5, 0.6) is 0 Å². The minimum atomic E-state index is -0.0179. The third-order valence-electron chi connectivity index (χ3n) is 2.32. The number of carbonyl (C=O) groups is 1. The Bertz CT molecular complexity index is 293. The Labute approximate surface area is 86.8 Å². The van der Waals surface area contributed by atoms with Crippen LogP contribution in [0, 0.1) is 0 Å². The molecule has 14 heavy (non-hydrogen) atoms. The van der Waals surface area contributed by atoms with E-state index < -0.39 is 0 Å². The Balaban J connectivity index is 1.87. The summed E-state index contributed by atoms with van der Waals surface area (Å²) in [7, 11) is 0. The molecule has 2 N–H and O–H groups in total. The number of hydrogen-bond acceptors (Lipinski definition) is 3. The van der Waals surface area contributed by atoms with E-state index in [4.69, 9.17) is 0 Å². The first-order chi connectivity index (χ1) is 6.86. The smallest absolute Gasteiger partial charge is 0.254 e. The average molecular weight is 211 g/mol. The fourth-order valence-corrected chi connectivity index (χ4v) is 2.59. The molecule has 0 saturated carbocycles. The van der Waals surface area contributed by atoms with Gasteiger partial charge in [-0.25, -0.2) is 0 Å². The van der Waals surface area contributed by atoms with E-state index in [-0.39, 0.29) is 5.91 Å². The SMILES string of the molecule is O=C(NC1CCSCC1)c1cn[nH]c1. The molecule has 1 aromatic heterocycles. The molecule has 0 bridgehead atoms. The lowest BCUT2D eigenvalue weighted by atomic mass is 10.1. The van der Waals surface area contributed by atoms with Gasteiger partial charge in [-0.15, -0.1) is 0 Å². The summed E-state index contributed by atoms with van der Waals surface area (Å²) in [5, 5.41) is 9.39. The van der Waals surface area contributed by atoms with E-state index in [9.17, 15) is 4.79 Å². The zero-order valence-corrected chi connectivity index (χ0v) is 8.64. The highest BCUT2D eigenvalue weighted by atomic mass is 32.2. The van der Waals surface area contributed by atoms with Gasteiger partial charge in [0.25, 0.3) is 5.91 Å². The second kappa shape index (κ2) is 4.50. The van der Waals surface area contributed by atoms with Crippen LogP contribution in [-0.2, 0) is 0 Å². The summed E-state index contributed by atoms with van der Waals surface area (Å²) in [6, 6.07) is 0.346. The van der Waals surface area contributed by atoms with Crippen molar-refractivity contribution in [3.63, 3.8) is 0 Å². The maximum Gasteiger partial charge on any atom is 0.254 e. The van der Waals surface area contributed by atoms with Crippen LogP contribution in [0.2, 0.25) is 0 Å². The Morgan fingerprint density at radius 1 is 1.57 bits per heavy atom. The minimum absolute atomic E-state index is 0.0179. The van der Waals surface area contributed by atoms with Crippen LogP contribution in [-0.4, -0.2) is 33.7 Å². The number of aromatic amines is 1. The Kier molecular flexibility index (Phi) is 3.08. The summed E-state index contributed by atoms with van der Waals surface area (Å²) in [6.07, 6.45) is 5.32. The van der Waals surface area contributed by atoms with E-state index in [2.05, 4.69) is 15.5 Å². The first kappa shape index (κ1) is 9.58. The van der Waals surface area contributed by atoms with Gasteiger partial charge in [0, 0.05) is 12.2 Å². The first-order valence-electron chi connectivity index (χ1n) is 4.73. The van der Waals surface area contributed by atoms with Crippen molar-refractivity contribution < 1.29 is 4.79 Å². The van der Waals surface area contributed by atoms with E-state index in [1.807, 2.05) is 11.8 Å². The zero-order valence-electron chi connectivity index (χ0n) is 7.82. The highest BCUT2D eigenvalue weighted by Gasteiger charge is 2.16. The van der Waals surface area contributed by atoms with E-state index in [1.54, 1.807) is 12.4 Å². The third-order valence-corrected chi connectivity index (χ3v) is 3.37. The van der Waals surface area contributed by atoms with Crippen LogP contribution in [0.4, 0.5) is 0 Å². The van der Waals surface area contributed by atoms with E-state index in [1.165, 1.54) is 0 Å². The van der Waals surface area contributed by atoms with E-state index in [0.717, 1.165) is 24.3 Å². The van der Waals surface area contributed by atoms with Crippen molar-refractivity contribution in [2.45, 2.75) is 18.9 Å². The number of aromatic nitrogens is 2. The molecule has 2 heterocycles. The molecule has 4 nitrogen and oxygen atoms in total. The molecule has 1 fully saturated rings. The van der Waals surface area contributed by atoms with Gasteiger partial charge < -0.3 is 5.32 Å². The molecule has 0 aliphatic carbocycles. The lowest BCUT2D eigenvalue weighted by molar-refractivity contribution is 0.0935. The summed E-state index contributed by atoms with van der Waals surface area (Å²) in [4.78, 5) is 11.6. The zero-order chi connectivity index (χ0) is 9.80. The lowest BCUT2D eigenvalue weighted by Crippen LogP contribution is -2.37. The first-order valence-corrected chi connectivity index (χ1v) is 5.89. The predicted molar refractivity (Wildman–Crippen MR) is 56.4 cm³/mol. The minimum Gasteiger partial charge on any atom is -0.349 e. The Hall–Kier alpha value is -0.970. The van der Waals surface area contributed by atoms with Gasteiger partial charge >= 0.3 is 0 Å². The van der Waals surface area contributed by atoms with Crippen molar-refractivity contribution in [3.05, 3.63) is 18.0 Å². The topological polar surface area (TPSA) is 57.8 Å². The molecule has 76 valence electrons. The molecule has 1 amide bonds. The summed E-state index contributed by atoms with van der Waals surface area (Å²) in [6.45, 7) is 0. The molecule has 2 rings (SSSR count). The lowest BCUT2D eigenvalue weighted by Gasteiger charge is -2.22. The number of thioether (sulfide) groups is 1. The van der Waals surface area contributed by atoms with Crippen molar-refractivity contribution >= 4 is 17.7 Å². The third kappa shape index (κ3) is 2.29. The number of H-pyrrole nitrogens is 1. The average Bonchev–Trinajstić information content (AvgIpc) is 2.72. The van der Waals surface area contributed by atoms with Crippen molar-refractivity contribution in [1.82, 2.24) is 15.5 Å². The summed E-state index contributed by atoms with van der Waals surface area (Å²) in [5.74, 6) is 2.28. The summed E-state index contributed by atoms with van der Waals surface area (Å²) < 4.78 is 0. The molecular weight excluding hydrogens is 198 g/mol. The molecule has 0 aromatic carbocycles. The molecular formula is C9H13N3OS. The molecule has 0 spiro atoms. The fraction of sp³-hybridized carbons (Fsp3) is 0.556. The normalized spacial score (nSPS) is 18.0. The monoisotopic (exact) mass is 211 g/mol. The Morgan fingerprint density at radius 2 is 2.36 bits per heavy atom. The number of carbonyl (C=O) groups excluding carboxylic acids is 1. The van der Waals surface area contributed by atoms with Crippen LogP contribution < -0.4 is 5.32 Å². The van der Waals surface area contributed by atoms with Gasteiger partial charge in [-0.1, -0.05) is 0 Å². The Morgan fingerprint density at radius 3 is 3.00 bits per heavy atom. The van der Waals surface area contributed by atoms with Crippen LogP contribution in [0.25, 0.3) is 0 Å². The van der Waals surface area contributed by atoms with Gasteiger partial charge in [0.2, 0.25) is 0 Å². The van der Waals surface area contributed by atoms with Gasteiger partial charge in [0.05, 0.1) is 11.8 Å². The van der Waals surface area contributed by atoms with Crippen LogP contribution in [0.15, 0.2) is 12.4 Å². The fourth-order valence-electron chi connectivity index (χ4n) is 1.49. The van der Waals surface area contributed by atoms with Crippen LogP contribution in [0.3, 0.4) is 0 Å². The van der Waals surface area contributed by atoms with Gasteiger partial charge in [-0.3, -0.25) is 9.89 Å². The molecule has 1 aromatic rings. The maximum absolute atomic E-state index is 11.6. The largest absolute Gasteiger partial charge is 0.349 e. The van der Waals surface area contributed by atoms with Crippen molar-refractivity contribution in [1.29, 1.82) is 0 Å². The number of rotatable bonds is 2. The molecule has 1 aliphatic rings. The molecule has 1 aliphatic heterocycles. The van der Waals surface area contributed by atoms with Gasteiger partial charge in [0.1, 0.15) is 0 Å². The number of hydrogen-bond donors (Lipinski definition) is 2. The summed E-state index contributed by atoms with van der Waals surface area (Å²) in [5.41, 5.74) is 0.614. The highest BCUT2D eigenvalue weighted by Crippen LogP contribution is 2.17. The number of nitrogens with zero attached hydrogens (tertiary/aromatic N) is 1. The second-order valence-corrected chi connectivity index (χ2v) is 4.57. The van der Waals surface area contributed by atoms with Gasteiger partial charge in [-0.05, 0) is 24.3 Å². The quantitative estimate of drug-likeness (QED) is 0.768. The molecule has 1 saturated heterocycles. The standard InChI is InChI=1S/C9H13N3OS/c13-9(7-5-10-11-6-7)12-8-1-3-14-4-2-8/h5-6,8H,1-4H2,(H,10,11)(H,12,13). The van der Waals surface area contributed by atoms with Crippen LogP contribution in [0.1, 0.15) is 23.2 Å². The molecule has 5 heteroatoms. The van der Waals surface area contributed by atoms with Crippen molar-refractivity contribution in [2.75, 3.05) is 11.5 Å². The molecule has 0 radical (unpaired) electrons. The van der Waals surface area contributed by atoms with Gasteiger partial charge in [0.15, 0.2) is 0 Å². The van der Waals surface area contributed by atoms with E-state index >= 15 is 0 Å². The maximum atomic E-state index is 11.6. The predicted octanol–water partition coefficient (Wildman–Crippen LogP) is 1.04. The van der Waals surface area contributed by atoms with E-state index in [0.29, 0.717) is 11.6 Å². The van der Waals surface area contributed by atoms with Gasteiger partial charge in [-0.2, -0.15) is 16.9 Å². The van der Waals surface area contributed by atoms with Crippen molar-refractivity contribution in [2.24, 2.45) is 0 Å². The summed E-state index contributed by atoms with van der Waals surface area (Å²) >= 11 is 1.95. The highest BCUT2D eigenvalue weighted by molar-refractivity contribution is 7.99.